The number of amides is 1. The molecule has 5 heteroatoms. The Morgan fingerprint density at radius 3 is 2.81 bits per heavy atom. The van der Waals surface area contributed by atoms with E-state index in [0.717, 1.165) is 12.1 Å². The quantitative estimate of drug-likeness (QED) is 0.738. The number of hydrogen-bond acceptors (Lipinski definition) is 3. The van der Waals surface area contributed by atoms with Crippen LogP contribution in [-0.4, -0.2) is 34.1 Å². The van der Waals surface area contributed by atoms with E-state index in [2.05, 4.69) is 16.8 Å². The summed E-state index contributed by atoms with van der Waals surface area (Å²) in [6.07, 6.45) is 2.59. The van der Waals surface area contributed by atoms with E-state index in [0.29, 0.717) is 24.5 Å². The maximum absolute atomic E-state index is 12.1. The van der Waals surface area contributed by atoms with Crippen molar-refractivity contribution in [1.82, 2.24) is 15.1 Å². The second-order valence-electron chi connectivity index (χ2n) is 3.65. The van der Waals surface area contributed by atoms with Crippen molar-refractivity contribution in [3.8, 4) is 0 Å². The summed E-state index contributed by atoms with van der Waals surface area (Å²) in [4.78, 5) is 13.8. The van der Waals surface area contributed by atoms with E-state index in [1.54, 1.807) is 17.9 Å². The molecule has 0 fully saturated rings. The summed E-state index contributed by atoms with van der Waals surface area (Å²) >= 11 is 0. The molecule has 0 aliphatic heterocycles. The number of nitrogens with two attached hydrogens (primary N) is 1. The third-order valence-electron chi connectivity index (χ3n) is 2.33. The number of nitrogen functional groups attached to an aromatic ring is 1. The fourth-order valence-electron chi connectivity index (χ4n) is 1.45. The molecular formula is C11H18N4O. The highest BCUT2D eigenvalue weighted by Crippen LogP contribution is 2.14. The lowest BCUT2D eigenvalue weighted by molar-refractivity contribution is 0.0769. The first-order chi connectivity index (χ1) is 7.61. The topological polar surface area (TPSA) is 75.0 Å². The summed E-state index contributed by atoms with van der Waals surface area (Å²) in [5.74, 6) is -0.149. The van der Waals surface area contributed by atoms with Gasteiger partial charge in [0.25, 0.3) is 5.91 Å². The molecule has 0 aliphatic rings. The van der Waals surface area contributed by atoms with Crippen LogP contribution in [0.15, 0.2) is 12.7 Å². The Balaban J connectivity index is 2.89. The van der Waals surface area contributed by atoms with E-state index in [1.165, 1.54) is 0 Å². The smallest absolute Gasteiger partial charge is 0.276 e. The number of hydrogen-bond donors (Lipinski definition) is 2. The Bertz CT molecular complexity index is 383. The summed E-state index contributed by atoms with van der Waals surface area (Å²) in [5, 5.41) is 6.63. The van der Waals surface area contributed by atoms with Crippen LogP contribution < -0.4 is 5.73 Å². The Hall–Kier alpha value is -1.78. The molecule has 1 rings (SSSR count). The van der Waals surface area contributed by atoms with E-state index in [4.69, 9.17) is 5.73 Å². The first-order valence-corrected chi connectivity index (χ1v) is 5.32. The number of rotatable bonds is 5. The van der Waals surface area contributed by atoms with Gasteiger partial charge in [-0.2, -0.15) is 5.10 Å². The normalized spacial score (nSPS) is 10.1. The van der Waals surface area contributed by atoms with E-state index in [1.807, 2.05) is 6.92 Å². The number of aromatic amines is 1. The lowest BCUT2D eigenvalue weighted by Crippen LogP contribution is -2.32. The minimum atomic E-state index is -0.149. The number of aryl methyl sites for hydroxylation is 1. The van der Waals surface area contributed by atoms with E-state index < -0.39 is 0 Å². The summed E-state index contributed by atoms with van der Waals surface area (Å²) in [5.41, 5.74) is 7.21. The molecule has 0 unspecified atom stereocenters. The number of nitrogens with zero attached hydrogens (tertiary/aromatic N) is 2. The fourth-order valence-corrected chi connectivity index (χ4v) is 1.45. The Kier molecular flexibility index (Phi) is 4.10. The maximum atomic E-state index is 12.1. The van der Waals surface area contributed by atoms with Crippen LogP contribution in [0.1, 0.15) is 29.5 Å². The Labute approximate surface area is 95.3 Å². The molecule has 0 aliphatic carbocycles. The summed E-state index contributed by atoms with van der Waals surface area (Å²) in [7, 11) is 0. The fraction of sp³-hybridized carbons (Fsp3) is 0.455. The molecule has 0 radical (unpaired) electrons. The standard InChI is InChI=1S/C11H18N4O/c1-4-6-15(7-5-2)11(16)10-9(12)8(3)13-14-10/h4H,1,5-7,12H2,2-3H3,(H,13,14). The van der Waals surface area contributed by atoms with E-state index in [-0.39, 0.29) is 5.91 Å². The van der Waals surface area contributed by atoms with Gasteiger partial charge in [-0.3, -0.25) is 9.89 Å². The molecule has 0 spiro atoms. The van der Waals surface area contributed by atoms with Gasteiger partial charge in [-0.15, -0.1) is 6.58 Å². The van der Waals surface area contributed by atoms with Gasteiger partial charge >= 0.3 is 0 Å². The lowest BCUT2D eigenvalue weighted by atomic mass is 10.2. The van der Waals surface area contributed by atoms with Gasteiger partial charge in [-0.05, 0) is 13.3 Å². The van der Waals surface area contributed by atoms with Crippen LogP contribution in [-0.2, 0) is 0 Å². The Morgan fingerprint density at radius 1 is 1.69 bits per heavy atom. The number of carbonyl (C=O) groups is 1. The first kappa shape index (κ1) is 12.3. The van der Waals surface area contributed by atoms with Crippen LogP contribution in [0.2, 0.25) is 0 Å². The van der Waals surface area contributed by atoms with Crippen LogP contribution in [0.25, 0.3) is 0 Å². The van der Waals surface area contributed by atoms with Gasteiger partial charge in [0.2, 0.25) is 0 Å². The third-order valence-corrected chi connectivity index (χ3v) is 2.33. The molecule has 0 bridgehead atoms. The SMILES string of the molecule is C=CCN(CCC)C(=O)c1n[nH]c(C)c1N. The second kappa shape index (κ2) is 5.34. The van der Waals surface area contributed by atoms with Gasteiger partial charge in [0.15, 0.2) is 5.69 Å². The minimum absolute atomic E-state index is 0.149. The molecule has 1 aromatic heterocycles. The van der Waals surface area contributed by atoms with Crippen LogP contribution in [0, 0.1) is 6.92 Å². The van der Waals surface area contributed by atoms with Crippen molar-refractivity contribution in [2.45, 2.75) is 20.3 Å². The van der Waals surface area contributed by atoms with Crippen molar-refractivity contribution >= 4 is 11.6 Å². The zero-order chi connectivity index (χ0) is 12.1. The van der Waals surface area contributed by atoms with E-state index in [9.17, 15) is 4.79 Å². The molecule has 1 amide bonds. The predicted octanol–water partition coefficient (Wildman–Crippen LogP) is 1.34. The van der Waals surface area contributed by atoms with Crippen molar-refractivity contribution in [2.75, 3.05) is 18.8 Å². The third kappa shape index (κ3) is 2.42. The minimum Gasteiger partial charge on any atom is -0.395 e. The molecule has 3 N–H and O–H groups in total. The highest BCUT2D eigenvalue weighted by atomic mass is 16.2. The van der Waals surface area contributed by atoms with Crippen molar-refractivity contribution in [3.63, 3.8) is 0 Å². The lowest BCUT2D eigenvalue weighted by Gasteiger charge is -2.19. The second-order valence-corrected chi connectivity index (χ2v) is 3.65. The summed E-state index contributed by atoms with van der Waals surface area (Å²) < 4.78 is 0. The molecule has 1 heterocycles. The van der Waals surface area contributed by atoms with Crippen molar-refractivity contribution in [3.05, 3.63) is 24.0 Å². The maximum Gasteiger partial charge on any atom is 0.276 e. The summed E-state index contributed by atoms with van der Waals surface area (Å²) in [6, 6.07) is 0. The monoisotopic (exact) mass is 222 g/mol. The predicted molar refractivity (Wildman–Crippen MR) is 64.1 cm³/mol. The van der Waals surface area contributed by atoms with Crippen LogP contribution in [0.4, 0.5) is 5.69 Å². The Morgan fingerprint density at radius 2 is 2.38 bits per heavy atom. The van der Waals surface area contributed by atoms with Gasteiger partial charge in [-0.1, -0.05) is 13.0 Å². The van der Waals surface area contributed by atoms with Crippen molar-refractivity contribution in [1.29, 1.82) is 0 Å². The molecule has 5 nitrogen and oxygen atoms in total. The zero-order valence-electron chi connectivity index (χ0n) is 9.79. The average molecular weight is 222 g/mol. The van der Waals surface area contributed by atoms with Gasteiger partial charge < -0.3 is 10.6 Å². The van der Waals surface area contributed by atoms with Crippen LogP contribution in [0.5, 0.6) is 0 Å². The molecule has 1 aromatic rings. The molecular weight excluding hydrogens is 204 g/mol. The van der Waals surface area contributed by atoms with Crippen molar-refractivity contribution in [2.24, 2.45) is 0 Å². The molecule has 0 atom stereocenters. The first-order valence-electron chi connectivity index (χ1n) is 5.32. The highest BCUT2D eigenvalue weighted by molar-refractivity contribution is 5.97. The van der Waals surface area contributed by atoms with Gasteiger partial charge in [-0.25, -0.2) is 0 Å². The number of aromatic nitrogens is 2. The largest absolute Gasteiger partial charge is 0.395 e. The van der Waals surface area contributed by atoms with Gasteiger partial charge in [0.1, 0.15) is 0 Å². The number of carbonyl (C=O) groups excluding carboxylic acids is 1. The highest BCUT2D eigenvalue weighted by Gasteiger charge is 2.20. The molecule has 0 aromatic carbocycles. The molecule has 88 valence electrons. The number of nitrogens with one attached hydrogen (secondary N) is 1. The number of anilines is 1. The van der Waals surface area contributed by atoms with Crippen molar-refractivity contribution < 1.29 is 4.79 Å². The molecule has 0 saturated heterocycles. The molecule has 0 saturated carbocycles. The zero-order valence-corrected chi connectivity index (χ0v) is 9.79. The van der Waals surface area contributed by atoms with Gasteiger partial charge in [0, 0.05) is 13.1 Å². The summed E-state index contributed by atoms with van der Waals surface area (Å²) in [6.45, 7) is 8.63. The van der Waals surface area contributed by atoms with Crippen LogP contribution >= 0.6 is 0 Å². The van der Waals surface area contributed by atoms with Gasteiger partial charge in [0.05, 0.1) is 11.4 Å². The van der Waals surface area contributed by atoms with Crippen LogP contribution in [0.3, 0.4) is 0 Å². The molecule has 16 heavy (non-hydrogen) atoms. The number of H-pyrrole nitrogens is 1. The van der Waals surface area contributed by atoms with E-state index >= 15 is 0 Å². The average Bonchev–Trinajstić information content (AvgIpc) is 2.59.